The van der Waals surface area contributed by atoms with Crippen molar-refractivity contribution in [3.63, 3.8) is 0 Å². The smallest absolute Gasteiger partial charge is 0.245 e. The second-order valence-corrected chi connectivity index (χ2v) is 7.40. The zero-order valence-electron chi connectivity index (χ0n) is 11.2. The first kappa shape index (κ1) is 15.7. The van der Waals surface area contributed by atoms with E-state index in [4.69, 9.17) is 17.3 Å². The zero-order valence-corrected chi connectivity index (χ0v) is 12.8. The second kappa shape index (κ2) is 5.97. The van der Waals surface area contributed by atoms with Crippen LogP contribution in [0, 0.1) is 11.7 Å². The molecule has 1 aliphatic heterocycles. The minimum Gasteiger partial charge on any atom is -0.327 e. The van der Waals surface area contributed by atoms with E-state index in [9.17, 15) is 12.8 Å². The van der Waals surface area contributed by atoms with Crippen molar-refractivity contribution in [2.75, 3.05) is 13.1 Å². The van der Waals surface area contributed by atoms with E-state index >= 15 is 0 Å². The third-order valence-electron chi connectivity index (χ3n) is 3.79. The fraction of sp³-hybridized carbons (Fsp3) is 0.538. The summed E-state index contributed by atoms with van der Waals surface area (Å²) in [4.78, 5) is -0.327. The van der Waals surface area contributed by atoms with Crippen LogP contribution in [-0.4, -0.2) is 31.9 Å². The molecule has 0 radical (unpaired) electrons. The molecule has 4 nitrogen and oxygen atoms in total. The summed E-state index contributed by atoms with van der Waals surface area (Å²) in [7, 11) is -3.83. The van der Waals surface area contributed by atoms with Crippen LogP contribution in [0.2, 0.25) is 5.02 Å². The van der Waals surface area contributed by atoms with Crippen molar-refractivity contribution in [3.05, 3.63) is 29.0 Å². The van der Waals surface area contributed by atoms with Crippen LogP contribution in [-0.2, 0) is 10.0 Å². The van der Waals surface area contributed by atoms with Crippen molar-refractivity contribution < 1.29 is 12.8 Å². The summed E-state index contributed by atoms with van der Waals surface area (Å²) in [5, 5.41) is 0.175. The van der Waals surface area contributed by atoms with Gasteiger partial charge < -0.3 is 5.73 Å². The Morgan fingerprint density at radius 2 is 2.20 bits per heavy atom. The van der Waals surface area contributed by atoms with Crippen molar-refractivity contribution >= 4 is 21.6 Å². The number of benzene rings is 1. The van der Waals surface area contributed by atoms with E-state index in [-0.39, 0.29) is 21.9 Å². The molecule has 0 aromatic heterocycles. The standard InChI is InChI=1S/C13H18ClFN2O2S/c1-2-9-8-17(6-5-12(9)16)20(18,19)13-4-3-10(14)7-11(13)15/h3-4,7,9,12H,2,5-6,8,16H2,1H3. The van der Waals surface area contributed by atoms with Gasteiger partial charge in [0.05, 0.1) is 0 Å². The number of hydrogen-bond donors (Lipinski definition) is 1. The lowest BCUT2D eigenvalue weighted by Crippen LogP contribution is -2.49. The molecule has 0 amide bonds. The Morgan fingerprint density at radius 3 is 2.80 bits per heavy atom. The van der Waals surface area contributed by atoms with Gasteiger partial charge >= 0.3 is 0 Å². The number of piperidine rings is 1. The molecule has 7 heteroatoms. The second-order valence-electron chi connectivity index (χ2n) is 5.06. The van der Waals surface area contributed by atoms with Crippen LogP contribution in [0.3, 0.4) is 0 Å². The molecule has 2 unspecified atom stereocenters. The molecule has 1 heterocycles. The highest BCUT2D eigenvalue weighted by Crippen LogP contribution is 2.27. The van der Waals surface area contributed by atoms with Gasteiger partial charge in [-0.3, -0.25) is 0 Å². The minimum absolute atomic E-state index is 0.00140. The number of halogens is 2. The van der Waals surface area contributed by atoms with Crippen LogP contribution in [0.5, 0.6) is 0 Å². The summed E-state index contributed by atoms with van der Waals surface area (Å²) in [5.74, 6) is -0.714. The lowest BCUT2D eigenvalue weighted by molar-refractivity contribution is 0.230. The van der Waals surface area contributed by atoms with Crippen molar-refractivity contribution in [3.8, 4) is 0 Å². The fourth-order valence-corrected chi connectivity index (χ4v) is 4.21. The molecule has 1 aliphatic rings. The Balaban J connectivity index is 2.31. The largest absolute Gasteiger partial charge is 0.327 e. The topological polar surface area (TPSA) is 63.4 Å². The highest BCUT2D eigenvalue weighted by atomic mass is 35.5. The zero-order chi connectivity index (χ0) is 14.9. The van der Waals surface area contributed by atoms with Gasteiger partial charge in [0.1, 0.15) is 10.7 Å². The van der Waals surface area contributed by atoms with Crippen LogP contribution in [0.15, 0.2) is 23.1 Å². The maximum absolute atomic E-state index is 13.8. The maximum Gasteiger partial charge on any atom is 0.245 e. The molecule has 2 rings (SSSR count). The summed E-state index contributed by atoms with van der Waals surface area (Å²) in [6, 6.07) is 3.61. The van der Waals surface area contributed by atoms with Gasteiger partial charge in [-0.05, 0) is 30.5 Å². The fourth-order valence-electron chi connectivity index (χ4n) is 2.49. The van der Waals surface area contributed by atoms with Crippen molar-refractivity contribution in [2.24, 2.45) is 11.7 Å². The molecule has 2 atom stereocenters. The maximum atomic E-state index is 13.8. The minimum atomic E-state index is -3.83. The van der Waals surface area contributed by atoms with Gasteiger partial charge in [-0.15, -0.1) is 0 Å². The first-order valence-electron chi connectivity index (χ1n) is 6.57. The first-order chi connectivity index (χ1) is 9.36. The predicted octanol–water partition coefficient (Wildman–Crippen LogP) is 2.23. The van der Waals surface area contributed by atoms with Crippen LogP contribution >= 0.6 is 11.6 Å². The lowest BCUT2D eigenvalue weighted by Gasteiger charge is -2.35. The Bertz CT molecular complexity index is 594. The number of nitrogens with two attached hydrogens (primary N) is 1. The quantitative estimate of drug-likeness (QED) is 0.929. The van der Waals surface area contributed by atoms with E-state index < -0.39 is 15.8 Å². The molecule has 2 N–H and O–H groups in total. The molecule has 1 aromatic carbocycles. The molecule has 20 heavy (non-hydrogen) atoms. The Kier molecular flexibility index (Phi) is 4.69. The molecular weight excluding hydrogens is 303 g/mol. The molecule has 1 saturated heterocycles. The molecule has 1 aromatic rings. The normalized spacial score (nSPS) is 24.8. The molecule has 1 fully saturated rings. The SMILES string of the molecule is CCC1CN(S(=O)(=O)c2ccc(Cl)cc2F)CCC1N. The predicted molar refractivity (Wildman–Crippen MR) is 76.5 cm³/mol. The molecule has 0 bridgehead atoms. The molecule has 0 aliphatic carbocycles. The van der Waals surface area contributed by atoms with Gasteiger partial charge in [-0.2, -0.15) is 4.31 Å². The summed E-state index contributed by atoms with van der Waals surface area (Å²) >= 11 is 5.65. The first-order valence-corrected chi connectivity index (χ1v) is 8.39. The Hall–Kier alpha value is -0.690. The van der Waals surface area contributed by atoms with Gasteiger partial charge in [0, 0.05) is 24.2 Å². The van der Waals surface area contributed by atoms with Gasteiger partial charge in [0.15, 0.2) is 0 Å². The third-order valence-corrected chi connectivity index (χ3v) is 5.93. The third kappa shape index (κ3) is 2.98. The summed E-state index contributed by atoms with van der Waals surface area (Å²) in [6.45, 7) is 2.63. The van der Waals surface area contributed by atoms with E-state index in [1.165, 1.54) is 16.4 Å². The Morgan fingerprint density at radius 1 is 1.50 bits per heavy atom. The van der Waals surface area contributed by atoms with E-state index in [0.29, 0.717) is 19.5 Å². The average Bonchev–Trinajstić information content (AvgIpc) is 2.38. The van der Waals surface area contributed by atoms with E-state index in [1.807, 2.05) is 6.92 Å². The highest BCUT2D eigenvalue weighted by Gasteiger charge is 2.34. The summed E-state index contributed by atoms with van der Waals surface area (Å²) in [6.07, 6.45) is 1.39. The number of sulfonamides is 1. The van der Waals surface area contributed by atoms with Crippen molar-refractivity contribution in [1.29, 1.82) is 0 Å². The lowest BCUT2D eigenvalue weighted by atomic mass is 9.92. The number of rotatable bonds is 3. The highest BCUT2D eigenvalue weighted by molar-refractivity contribution is 7.89. The van der Waals surface area contributed by atoms with Gasteiger partial charge in [0.25, 0.3) is 0 Å². The molecule has 112 valence electrons. The van der Waals surface area contributed by atoms with Crippen molar-refractivity contribution in [1.82, 2.24) is 4.31 Å². The van der Waals surface area contributed by atoms with Gasteiger partial charge in [0.2, 0.25) is 10.0 Å². The van der Waals surface area contributed by atoms with E-state index in [0.717, 1.165) is 12.5 Å². The van der Waals surface area contributed by atoms with Crippen LogP contribution in [0.4, 0.5) is 4.39 Å². The van der Waals surface area contributed by atoms with Gasteiger partial charge in [-0.1, -0.05) is 24.9 Å². The summed E-state index contributed by atoms with van der Waals surface area (Å²) < 4.78 is 40.1. The van der Waals surface area contributed by atoms with Crippen LogP contribution < -0.4 is 5.73 Å². The number of hydrogen-bond acceptors (Lipinski definition) is 3. The number of nitrogens with zero attached hydrogens (tertiary/aromatic N) is 1. The average molecular weight is 321 g/mol. The molecular formula is C13H18ClFN2O2S. The molecule has 0 spiro atoms. The van der Waals surface area contributed by atoms with Crippen molar-refractivity contribution in [2.45, 2.75) is 30.7 Å². The molecule has 0 saturated carbocycles. The Labute approximate surface area is 123 Å². The summed E-state index contributed by atoms with van der Waals surface area (Å²) in [5.41, 5.74) is 5.97. The van der Waals surface area contributed by atoms with Crippen LogP contribution in [0.25, 0.3) is 0 Å². The van der Waals surface area contributed by atoms with Gasteiger partial charge in [-0.25, -0.2) is 12.8 Å². The van der Waals surface area contributed by atoms with E-state index in [1.54, 1.807) is 0 Å². The monoisotopic (exact) mass is 320 g/mol. The van der Waals surface area contributed by atoms with Crippen LogP contribution in [0.1, 0.15) is 19.8 Å². The van der Waals surface area contributed by atoms with E-state index in [2.05, 4.69) is 0 Å².